The van der Waals surface area contributed by atoms with Crippen molar-refractivity contribution >= 4 is 29.1 Å². The molecule has 27 heavy (non-hydrogen) atoms. The first kappa shape index (κ1) is 19.1. The van der Waals surface area contributed by atoms with Crippen LogP contribution in [-0.4, -0.2) is 23.3 Å². The number of allylic oxidation sites excluding steroid dienone is 1. The van der Waals surface area contributed by atoms with Crippen LogP contribution in [0.5, 0.6) is 0 Å². The molecule has 2 N–H and O–H groups in total. The van der Waals surface area contributed by atoms with Crippen LogP contribution in [-0.2, 0) is 0 Å². The van der Waals surface area contributed by atoms with Gasteiger partial charge in [0.1, 0.15) is 5.69 Å². The lowest BCUT2D eigenvalue weighted by molar-refractivity contribution is 0.0949. The molecule has 0 fully saturated rings. The Kier molecular flexibility index (Phi) is 6.60. The third-order valence-corrected chi connectivity index (χ3v) is 4.73. The van der Waals surface area contributed by atoms with Crippen LogP contribution >= 0.6 is 11.6 Å². The van der Waals surface area contributed by atoms with Gasteiger partial charge in [0, 0.05) is 29.0 Å². The van der Waals surface area contributed by atoms with E-state index in [1.807, 2.05) is 0 Å². The minimum atomic E-state index is -0.305. The van der Waals surface area contributed by atoms with Crippen molar-refractivity contribution in [1.82, 2.24) is 10.3 Å². The summed E-state index contributed by atoms with van der Waals surface area (Å²) in [5.41, 5.74) is 2.65. The predicted molar refractivity (Wildman–Crippen MR) is 107 cm³/mol. The molecular formula is C21H22ClN3O2. The molecule has 1 aromatic heterocycles. The molecule has 0 saturated carbocycles. The van der Waals surface area contributed by atoms with Gasteiger partial charge >= 0.3 is 0 Å². The Morgan fingerprint density at radius 1 is 1.07 bits per heavy atom. The van der Waals surface area contributed by atoms with Gasteiger partial charge in [-0.1, -0.05) is 23.3 Å². The first-order valence-corrected chi connectivity index (χ1v) is 9.49. The molecule has 0 saturated heterocycles. The molecule has 1 heterocycles. The zero-order valence-corrected chi connectivity index (χ0v) is 15.8. The molecule has 6 heteroatoms. The number of anilines is 1. The fourth-order valence-electron chi connectivity index (χ4n) is 2.99. The molecule has 1 aromatic carbocycles. The van der Waals surface area contributed by atoms with Gasteiger partial charge in [-0.25, -0.2) is 0 Å². The van der Waals surface area contributed by atoms with Gasteiger partial charge in [0.05, 0.1) is 0 Å². The Balaban J connectivity index is 1.57. The second-order valence-electron chi connectivity index (χ2n) is 6.50. The summed E-state index contributed by atoms with van der Waals surface area (Å²) in [7, 11) is 0. The largest absolute Gasteiger partial charge is 0.350 e. The maximum atomic E-state index is 12.4. The van der Waals surface area contributed by atoms with Gasteiger partial charge in [0.15, 0.2) is 0 Å². The van der Waals surface area contributed by atoms with E-state index in [4.69, 9.17) is 11.6 Å². The standard InChI is InChI=1S/C21H22ClN3O2/c22-17-6-8-18(9-7-17)25-20(26)16-11-13-23-19(14-16)21(27)24-12-10-15-4-2-1-3-5-15/h4,6-9,11,13-14H,1-3,5,10,12H2,(H,24,27)(H,25,26). The van der Waals surface area contributed by atoms with E-state index in [-0.39, 0.29) is 17.5 Å². The molecule has 1 aliphatic carbocycles. The van der Waals surface area contributed by atoms with Crippen LogP contribution in [0, 0.1) is 0 Å². The maximum Gasteiger partial charge on any atom is 0.269 e. The van der Waals surface area contributed by atoms with Gasteiger partial charge in [0.2, 0.25) is 0 Å². The van der Waals surface area contributed by atoms with Crippen molar-refractivity contribution in [3.8, 4) is 0 Å². The van der Waals surface area contributed by atoms with Crippen LogP contribution in [0.15, 0.2) is 54.2 Å². The SMILES string of the molecule is O=C(Nc1ccc(Cl)cc1)c1ccnc(C(=O)NCCC2=CCCCC2)c1. The average Bonchev–Trinajstić information content (AvgIpc) is 2.70. The highest BCUT2D eigenvalue weighted by atomic mass is 35.5. The highest BCUT2D eigenvalue weighted by molar-refractivity contribution is 6.30. The second kappa shape index (κ2) is 9.33. The molecule has 2 amide bonds. The van der Waals surface area contributed by atoms with Crippen LogP contribution in [0.25, 0.3) is 0 Å². The molecule has 5 nitrogen and oxygen atoms in total. The van der Waals surface area contributed by atoms with Crippen molar-refractivity contribution in [2.24, 2.45) is 0 Å². The number of amides is 2. The molecule has 0 radical (unpaired) electrons. The lowest BCUT2D eigenvalue weighted by Crippen LogP contribution is -2.26. The number of hydrogen-bond acceptors (Lipinski definition) is 3. The fraction of sp³-hybridized carbons (Fsp3) is 0.286. The van der Waals surface area contributed by atoms with Crippen molar-refractivity contribution in [1.29, 1.82) is 0 Å². The molecule has 0 spiro atoms. The number of halogens is 1. The van der Waals surface area contributed by atoms with Crippen LogP contribution < -0.4 is 10.6 Å². The molecule has 0 aliphatic heterocycles. The van der Waals surface area contributed by atoms with Crippen molar-refractivity contribution in [3.05, 3.63) is 70.5 Å². The molecular weight excluding hydrogens is 362 g/mol. The Bertz CT molecular complexity index is 847. The van der Waals surface area contributed by atoms with E-state index in [1.54, 1.807) is 30.3 Å². The number of carbonyl (C=O) groups excluding carboxylic acids is 2. The van der Waals surface area contributed by atoms with Gasteiger partial charge in [0.25, 0.3) is 11.8 Å². The quantitative estimate of drug-likeness (QED) is 0.715. The first-order valence-electron chi connectivity index (χ1n) is 9.11. The Hall–Kier alpha value is -2.66. The summed E-state index contributed by atoms with van der Waals surface area (Å²) in [6.07, 6.45) is 9.34. The third-order valence-electron chi connectivity index (χ3n) is 4.47. The van der Waals surface area contributed by atoms with Gasteiger partial charge in [-0.3, -0.25) is 14.6 Å². The molecule has 1 aliphatic rings. The Labute approximate surface area is 163 Å². The minimum Gasteiger partial charge on any atom is -0.350 e. The summed E-state index contributed by atoms with van der Waals surface area (Å²) < 4.78 is 0. The molecule has 3 rings (SSSR count). The predicted octanol–water partition coefficient (Wildman–Crippen LogP) is 4.61. The maximum absolute atomic E-state index is 12.4. The summed E-state index contributed by atoms with van der Waals surface area (Å²) >= 11 is 5.84. The van der Waals surface area contributed by atoms with Gasteiger partial charge in [-0.05, 0) is 68.5 Å². The number of nitrogens with zero attached hydrogens (tertiary/aromatic N) is 1. The lowest BCUT2D eigenvalue weighted by atomic mass is 9.97. The number of carbonyl (C=O) groups is 2. The van der Waals surface area contributed by atoms with E-state index in [2.05, 4.69) is 21.7 Å². The molecule has 140 valence electrons. The average molecular weight is 384 g/mol. The number of rotatable bonds is 6. The van der Waals surface area contributed by atoms with Gasteiger partial charge < -0.3 is 10.6 Å². The van der Waals surface area contributed by atoms with Crippen molar-refractivity contribution in [3.63, 3.8) is 0 Å². The summed E-state index contributed by atoms with van der Waals surface area (Å²) in [5.74, 6) is -0.575. The topological polar surface area (TPSA) is 71.1 Å². The van der Waals surface area contributed by atoms with Crippen LogP contribution in [0.1, 0.15) is 53.0 Å². The lowest BCUT2D eigenvalue weighted by Gasteiger charge is -2.13. The Morgan fingerprint density at radius 2 is 1.89 bits per heavy atom. The van der Waals surface area contributed by atoms with Crippen molar-refractivity contribution in [2.45, 2.75) is 32.1 Å². The van der Waals surface area contributed by atoms with Crippen molar-refractivity contribution < 1.29 is 9.59 Å². The van der Waals surface area contributed by atoms with E-state index in [0.29, 0.717) is 22.8 Å². The fourth-order valence-corrected chi connectivity index (χ4v) is 3.12. The number of aromatic nitrogens is 1. The smallest absolute Gasteiger partial charge is 0.269 e. The van der Waals surface area contributed by atoms with Gasteiger partial charge in [-0.2, -0.15) is 0 Å². The highest BCUT2D eigenvalue weighted by Crippen LogP contribution is 2.19. The number of hydrogen-bond donors (Lipinski definition) is 2. The zero-order valence-electron chi connectivity index (χ0n) is 15.0. The minimum absolute atomic E-state index is 0.233. The highest BCUT2D eigenvalue weighted by Gasteiger charge is 2.12. The number of nitrogens with one attached hydrogen (secondary N) is 2. The summed E-state index contributed by atoms with van der Waals surface area (Å²) in [6.45, 7) is 0.577. The van der Waals surface area contributed by atoms with E-state index in [1.165, 1.54) is 30.7 Å². The summed E-state index contributed by atoms with van der Waals surface area (Å²) in [6, 6.07) is 9.91. The first-order chi connectivity index (χ1) is 13.1. The van der Waals surface area contributed by atoms with E-state index < -0.39 is 0 Å². The second-order valence-corrected chi connectivity index (χ2v) is 6.94. The van der Waals surface area contributed by atoms with Crippen LogP contribution in [0.3, 0.4) is 0 Å². The molecule has 2 aromatic rings. The van der Waals surface area contributed by atoms with Crippen LogP contribution in [0.4, 0.5) is 5.69 Å². The zero-order chi connectivity index (χ0) is 19.1. The van der Waals surface area contributed by atoms with E-state index in [0.717, 1.165) is 19.3 Å². The summed E-state index contributed by atoms with van der Waals surface area (Å²) in [5, 5.41) is 6.25. The molecule has 0 atom stereocenters. The third kappa shape index (κ3) is 5.66. The number of benzene rings is 1. The van der Waals surface area contributed by atoms with Gasteiger partial charge in [-0.15, -0.1) is 0 Å². The van der Waals surface area contributed by atoms with E-state index in [9.17, 15) is 9.59 Å². The summed E-state index contributed by atoms with van der Waals surface area (Å²) in [4.78, 5) is 28.8. The van der Waals surface area contributed by atoms with E-state index >= 15 is 0 Å². The monoisotopic (exact) mass is 383 g/mol. The van der Waals surface area contributed by atoms with Crippen molar-refractivity contribution in [2.75, 3.05) is 11.9 Å². The van der Waals surface area contributed by atoms with Crippen LogP contribution in [0.2, 0.25) is 5.02 Å². The number of pyridine rings is 1. The Morgan fingerprint density at radius 3 is 2.63 bits per heavy atom. The molecule has 0 unspecified atom stereocenters. The normalized spacial score (nSPS) is 13.6. The molecule has 0 bridgehead atoms.